The minimum Gasteiger partial charge on any atom is -0.273 e. The Hall–Kier alpha value is -2.14. The summed E-state index contributed by atoms with van der Waals surface area (Å²) in [6.07, 6.45) is 1.45. The standard InChI is InChI=1S/C17H17NO3S/c1-12-6-2-5-9-16(12)22(20,21)18-17(19)15-11-10-13-7-3-4-8-14(13)15/h2-9,15H,10-11H2,1H3,(H,18,19). The maximum Gasteiger partial charge on any atom is 0.264 e. The smallest absolute Gasteiger partial charge is 0.264 e. The van der Waals surface area contributed by atoms with E-state index in [2.05, 4.69) is 4.72 Å². The van der Waals surface area contributed by atoms with Gasteiger partial charge in [0.2, 0.25) is 5.91 Å². The fourth-order valence-corrected chi connectivity index (χ4v) is 4.21. The minimum atomic E-state index is -3.83. The van der Waals surface area contributed by atoms with E-state index < -0.39 is 21.8 Å². The largest absolute Gasteiger partial charge is 0.273 e. The van der Waals surface area contributed by atoms with Crippen molar-refractivity contribution in [3.63, 3.8) is 0 Å². The molecule has 5 heteroatoms. The number of fused-ring (bicyclic) bond motifs is 1. The van der Waals surface area contributed by atoms with Crippen LogP contribution in [0.2, 0.25) is 0 Å². The zero-order chi connectivity index (χ0) is 15.7. The van der Waals surface area contributed by atoms with Gasteiger partial charge in [-0.15, -0.1) is 0 Å². The van der Waals surface area contributed by atoms with Gasteiger partial charge in [0.05, 0.1) is 10.8 Å². The molecule has 22 heavy (non-hydrogen) atoms. The molecule has 0 saturated carbocycles. The zero-order valence-corrected chi connectivity index (χ0v) is 13.1. The highest BCUT2D eigenvalue weighted by molar-refractivity contribution is 7.90. The van der Waals surface area contributed by atoms with Crippen molar-refractivity contribution in [2.24, 2.45) is 0 Å². The van der Waals surface area contributed by atoms with Gasteiger partial charge in [-0.3, -0.25) is 4.79 Å². The van der Waals surface area contributed by atoms with Crippen molar-refractivity contribution in [1.82, 2.24) is 4.72 Å². The predicted octanol–water partition coefficient (Wildman–Crippen LogP) is 2.53. The normalized spacial score (nSPS) is 17.0. The number of carbonyl (C=O) groups excluding carboxylic acids is 1. The molecule has 1 amide bonds. The molecule has 0 spiro atoms. The van der Waals surface area contributed by atoms with Gasteiger partial charge in [-0.25, -0.2) is 13.1 Å². The average molecular weight is 315 g/mol. The van der Waals surface area contributed by atoms with Gasteiger partial charge in [-0.2, -0.15) is 0 Å². The molecule has 0 radical (unpaired) electrons. The van der Waals surface area contributed by atoms with E-state index in [0.29, 0.717) is 12.0 Å². The van der Waals surface area contributed by atoms with E-state index in [4.69, 9.17) is 0 Å². The second-order valence-corrected chi connectivity index (χ2v) is 7.18. The van der Waals surface area contributed by atoms with Gasteiger partial charge in [-0.05, 0) is 42.5 Å². The summed E-state index contributed by atoms with van der Waals surface area (Å²) < 4.78 is 27.0. The number of amides is 1. The van der Waals surface area contributed by atoms with Crippen LogP contribution >= 0.6 is 0 Å². The first-order chi connectivity index (χ1) is 10.5. The van der Waals surface area contributed by atoms with E-state index in [0.717, 1.165) is 17.5 Å². The van der Waals surface area contributed by atoms with Gasteiger partial charge in [-0.1, -0.05) is 42.5 Å². The van der Waals surface area contributed by atoms with Crippen LogP contribution in [0.4, 0.5) is 0 Å². The van der Waals surface area contributed by atoms with Crippen LogP contribution in [0.15, 0.2) is 53.4 Å². The van der Waals surface area contributed by atoms with Crippen LogP contribution in [0.5, 0.6) is 0 Å². The van der Waals surface area contributed by atoms with E-state index in [1.54, 1.807) is 25.1 Å². The summed E-state index contributed by atoms with van der Waals surface area (Å²) in [5.41, 5.74) is 2.67. The Kier molecular flexibility index (Phi) is 3.74. The molecule has 1 N–H and O–H groups in total. The highest BCUT2D eigenvalue weighted by Gasteiger charge is 2.31. The first-order valence-corrected chi connectivity index (χ1v) is 8.67. The molecule has 1 unspecified atom stereocenters. The number of benzene rings is 2. The number of sulfonamides is 1. The second kappa shape index (κ2) is 5.57. The lowest BCUT2D eigenvalue weighted by molar-refractivity contribution is -0.120. The van der Waals surface area contributed by atoms with Gasteiger partial charge < -0.3 is 0 Å². The second-order valence-electron chi connectivity index (χ2n) is 5.53. The van der Waals surface area contributed by atoms with E-state index in [9.17, 15) is 13.2 Å². The molecule has 1 atom stereocenters. The van der Waals surface area contributed by atoms with Crippen LogP contribution in [0.3, 0.4) is 0 Å². The van der Waals surface area contributed by atoms with Crippen molar-refractivity contribution in [3.8, 4) is 0 Å². The molecule has 3 rings (SSSR count). The quantitative estimate of drug-likeness (QED) is 0.946. The van der Waals surface area contributed by atoms with Crippen molar-refractivity contribution >= 4 is 15.9 Å². The third kappa shape index (κ3) is 2.64. The molecule has 0 saturated heterocycles. The number of aryl methyl sites for hydroxylation is 2. The summed E-state index contributed by atoms with van der Waals surface area (Å²) in [6.45, 7) is 1.71. The first kappa shape index (κ1) is 14.8. The third-order valence-corrected chi connectivity index (χ3v) is 5.57. The number of rotatable bonds is 3. The molecular formula is C17H17NO3S. The van der Waals surface area contributed by atoms with Crippen molar-refractivity contribution < 1.29 is 13.2 Å². The zero-order valence-electron chi connectivity index (χ0n) is 12.2. The Morgan fingerprint density at radius 2 is 1.77 bits per heavy atom. The van der Waals surface area contributed by atoms with E-state index in [1.165, 1.54) is 6.07 Å². The predicted molar refractivity (Wildman–Crippen MR) is 84.0 cm³/mol. The summed E-state index contributed by atoms with van der Waals surface area (Å²) in [5.74, 6) is -0.844. The molecular weight excluding hydrogens is 298 g/mol. The van der Waals surface area contributed by atoms with Gasteiger partial charge >= 0.3 is 0 Å². The van der Waals surface area contributed by atoms with Gasteiger partial charge in [0.1, 0.15) is 0 Å². The van der Waals surface area contributed by atoms with Crippen molar-refractivity contribution in [1.29, 1.82) is 0 Å². The van der Waals surface area contributed by atoms with Gasteiger partial charge in [0.15, 0.2) is 0 Å². The first-order valence-electron chi connectivity index (χ1n) is 7.19. The third-order valence-electron chi connectivity index (χ3n) is 4.07. The summed E-state index contributed by atoms with van der Waals surface area (Å²) in [7, 11) is -3.83. The van der Waals surface area contributed by atoms with Crippen LogP contribution in [0, 0.1) is 6.92 Å². The Balaban J connectivity index is 1.85. The molecule has 0 aliphatic heterocycles. The molecule has 0 heterocycles. The molecule has 1 aliphatic rings. The molecule has 1 aliphatic carbocycles. The lowest BCUT2D eigenvalue weighted by Crippen LogP contribution is -2.34. The van der Waals surface area contributed by atoms with Crippen LogP contribution < -0.4 is 4.72 Å². The molecule has 0 bridgehead atoms. The lowest BCUT2D eigenvalue weighted by Gasteiger charge is -2.13. The molecule has 114 valence electrons. The van der Waals surface area contributed by atoms with Crippen LogP contribution in [-0.2, 0) is 21.2 Å². The Morgan fingerprint density at radius 1 is 1.09 bits per heavy atom. The highest BCUT2D eigenvalue weighted by atomic mass is 32.2. The number of carbonyl (C=O) groups is 1. The van der Waals surface area contributed by atoms with Crippen LogP contribution in [-0.4, -0.2) is 14.3 Å². The van der Waals surface area contributed by atoms with Crippen molar-refractivity contribution in [2.75, 3.05) is 0 Å². The summed E-state index contributed by atoms with van der Waals surface area (Å²) in [4.78, 5) is 12.6. The topological polar surface area (TPSA) is 63.2 Å². The summed E-state index contributed by atoms with van der Waals surface area (Å²) >= 11 is 0. The lowest BCUT2D eigenvalue weighted by atomic mass is 10.0. The van der Waals surface area contributed by atoms with Gasteiger partial charge in [0, 0.05) is 0 Å². The fraction of sp³-hybridized carbons (Fsp3) is 0.235. The van der Waals surface area contributed by atoms with Crippen molar-refractivity contribution in [3.05, 3.63) is 65.2 Å². The van der Waals surface area contributed by atoms with E-state index in [-0.39, 0.29) is 4.90 Å². The maximum atomic E-state index is 12.4. The van der Waals surface area contributed by atoms with E-state index >= 15 is 0 Å². The summed E-state index contributed by atoms with van der Waals surface area (Å²) in [6, 6.07) is 14.3. The minimum absolute atomic E-state index is 0.148. The molecule has 0 aromatic heterocycles. The average Bonchev–Trinajstić information content (AvgIpc) is 2.91. The molecule has 2 aromatic rings. The Labute approximate surface area is 130 Å². The van der Waals surface area contributed by atoms with Crippen LogP contribution in [0.1, 0.15) is 29.0 Å². The van der Waals surface area contributed by atoms with Gasteiger partial charge in [0.25, 0.3) is 10.0 Å². The maximum absolute atomic E-state index is 12.4. The number of nitrogens with one attached hydrogen (secondary N) is 1. The Bertz CT molecular complexity index is 827. The SMILES string of the molecule is Cc1ccccc1S(=O)(=O)NC(=O)C1CCc2ccccc21. The summed E-state index contributed by atoms with van der Waals surface area (Å²) in [5, 5.41) is 0. The monoisotopic (exact) mass is 315 g/mol. The van der Waals surface area contributed by atoms with Crippen LogP contribution in [0.25, 0.3) is 0 Å². The molecule has 2 aromatic carbocycles. The number of hydrogen-bond acceptors (Lipinski definition) is 3. The van der Waals surface area contributed by atoms with Crippen molar-refractivity contribution in [2.45, 2.75) is 30.6 Å². The van der Waals surface area contributed by atoms with E-state index in [1.807, 2.05) is 24.3 Å². The number of hydrogen-bond donors (Lipinski definition) is 1. The highest BCUT2D eigenvalue weighted by Crippen LogP contribution is 2.33. The Morgan fingerprint density at radius 3 is 2.55 bits per heavy atom. The molecule has 0 fully saturated rings. The molecule has 4 nitrogen and oxygen atoms in total. The fourth-order valence-electron chi connectivity index (χ4n) is 2.95.